The Morgan fingerprint density at radius 1 is 1.64 bits per heavy atom. The molecule has 0 aromatic rings. The first kappa shape index (κ1) is 12.1. The summed E-state index contributed by atoms with van der Waals surface area (Å²) in [6.45, 7) is 3.21. The first-order chi connectivity index (χ1) is 6.42. The fourth-order valence-corrected chi connectivity index (χ4v) is 1.95. The van der Waals surface area contributed by atoms with Crippen molar-refractivity contribution in [3.8, 4) is 0 Å². The molecular weight excluding hydrogens is 207 g/mol. The molecular formula is C8H17O5P. The second-order valence-electron chi connectivity index (χ2n) is 3.59. The fourth-order valence-electron chi connectivity index (χ4n) is 1.53. The van der Waals surface area contributed by atoms with Crippen molar-refractivity contribution in [2.24, 2.45) is 0 Å². The molecule has 0 spiro atoms. The van der Waals surface area contributed by atoms with Crippen LogP contribution in [0.5, 0.6) is 0 Å². The Balaban J connectivity index is 2.40. The first-order valence-corrected chi connectivity index (χ1v) is 6.58. The van der Waals surface area contributed by atoms with E-state index in [0.29, 0.717) is 0 Å². The number of hydrogen-bond donors (Lipinski definition) is 1. The maximum Gasteiger partial charge on any atom is 0.325 e. The minimum Gasteiger partial charge on any atom is -0.379 e. The number of rotatable bonds is 4. The van der Waals surface area contributed by atoms with Crippen molar-refractivity contribution >= 4 is 7.60 Å². The highest BCUT2D eigenvalue weighted by Gasteiger charge is 2.34. The van der Waals surface area contributed by atoms with E-state index in [-0.39, 0.29) is 24.9 Å². The van der Waals surface area contributed by atoms with Crippen molar-refractivity contribution in [1.82, 2.24) is 0 Å². The monoisotopic (exact) mass is 224 g/mol. The molecule has 0 aromatic heterocycles. The summed E-state index contributed by atoms with van der Waals surface area (Å²) in [7, 11) is -1.81. The van der Waals surface area contributed by atoms with Crippen LogP contribution in [0, 0.1) is 0 Å². The molecule has 0 aliphatic carbocycles. The number of methoxy groups -OCH3 is 1. The average molecular weight is 224 g/mol. The highest BCUT2D eigenvalue weighted by atomic mass is 31.2. The maximum absolute atomic E-state index is 10.9. The minimum absolute atomic E-state index is 0.0449. The average Bonchev–Trinajstić information content (AvgIpc) is 2.41. The van der Waals surface area contributed by atoms with Crippen molar-refractivity contribution in [3.05, 3.63) is 0 Å². The third-order valence-corrected chi connectivity index (χ3v) is 2.80. The summed E-state index contributed by atoms with van der Waals surface area (Å²) >= 11 is 0. The van der Waals surface area contributed by atoms with Gasteiger partial charge in [-0.15, -0.1) is 0 Å². The van der Waals surface area contributed by atoms with E-state index in [1.165, 1.54) is 0 Å². The van der Waals surface area contributed by atoms with Gasteiger partial charge < -0.3 is 18.9 Å². The highest BCUT2D eigenvalue weighted by molar-refractivity contribution is 7.51. The van der Waals surface area contributed by atoms with Crippen LogP contribution in [-0.2, 0) is 18.6 Å². The van der Waals surface area contributed by atoms with Crippen molar-refractivity contribution in [3.63, 3.8) is 0 Å². The quantitative estimate of drug-likeness (QED) is 0.722. The van der Waals surface area contributed by atoms with E-state index in [0.717, 1.165) is 13.1 Å². The third-order valence-electron chi connectivity index (χ3n) is 2.17. The molecule has 1 rings (SSSR count). The van der Waals surface area contributed by atoms with Crippen LogP contribution >= 0.6 is 7.60 Å². The zero-order valence-electron chi connectivity index (χ0n) is 8.67. The smallest absolute Gasteiger partial charge is 0.325 e. The Morgan fingerprint density at radius 3 is 2.79 bits per heavy atom. The zero-order chi connectivity index (χ0) is 10.8. The molecule has 0 bridgehead atoms. The van der Waals surface area contributed by atoms with Gasteiger partial charge in [-0.25, -0.2) is 0 Å². The molecule has 5 nitrogen and oxygen atoms in total. The lowest BCUT2D eigenvalue weighted by molar-refractivity contribution is -0.0261. The summed E-state index contributed by atoms with van der Waals surface area (Å²) in [4.78, 5) is 8.94. The van der Waals surface area contributed by atoms with Gasteiger partial charge in [0.2, 0.25) is 0 Å². The Kier molecular flexibility index (Phi) is 4.10. The summed E-state index contributed by atoms with van der Waals surface area (Å²) < 4.78 is 26.3. The molecule has 0 saturated carbocycles. The van der Waals surface area contributed by atoms with Gasteiger partial charge in [-0.3, -0.25) is 4.57 Å². The van der Waals surface area contributed by atoms with Gasteiger partial charge in [-0.2, -0.15) is 0 Å². The Morgan fingerprint density at radius 2 is 2.29 bits per heavy atom. The normalized spacial score (nSPS) is 37.0. The van der Waals surface area contributed by atoms with E-state index in [9.17, 15) is 4.57 Å². The molecule has 1 fully saturated rings. The molecule has 1 aliphatic heterocycles. The van der Waals surface area contributed by atoms with Gasteiger partial charge in [-0.1, -0.05) is 0 Å². The van der Waals surface area contributed by atoms with Crippen LogP contribution in [0.4, 0.5) is 0 Å². The van der Waals surface area contributed by atoms with Crippen LogP contribution in [0.1, 0.15) is 13.3 Å². The predicted molar refractivity (Wildman–Crippen MR) is 51.5 cm³/mol. The van der Waals surface area contributed by atoms with Crippen molar-refractivity contribution < 1.29 is 23.5 Å². The Bertz CT molecular complexity index is 226. The SMILES string of the molecule is COC1CC(C)OC1COP(C)(=O)O. The lowest BCUT2D eigenvalue weighted by Gasteiger charge is -2.17. The molecule has 0 aromatic carbocycles. The summed E-state index contributed by atoms with van der Waals surface area (Å²) in [5.41, 5.74) is 0. The summed E-state index contributed by atoms with van der Waals surface area (Å²) in [5, 5.41) is 0. The zero-order valence-corrected chi connectivity index (χ0v) is 9.57. The molecule has 1 heterocycles. The van der Waals surface area contributed by atoms with E-state index in [1.54, 1.807) is 7.11 Å². The second-order valence-corrected chi connectivity index (χ2v) is 5.46. The lowest BCUT2D eigenvalue weighted by atomic mass is 10.1. The highest BCUT2D eigenvalue weighted by Crippen LogP contribution is 2.37. The topological polar surface area (TPSA) is 65.0 Å². The van der Waals surface area contributed by atoms with Crippen LogP contribution in [0.2, 0.25) is 0 Å². The third kappa shape index (κ3) is 3.67. The van der Waals surface area contributed by atoms with Crippen molar-refractivity contribution in [2.75, 3.05) is 20.4 Å². The van der Waals surface area contributed by atoms with Crippen LogP contribution in [0.3, 0.4) is 0 Å². The summed E-state index contributed by atoms with van der Waals surface area (Å²) in [6, 6.07) is 0. The molecule has 84 valence electrons. The van der Waals surface area contributed by atoms with Gasteiger partial charge in [0.25, 0.3) is 0 Å². The van der Waals surface area contributed by atoms with Crippen LogP contribution in [0.25, 0.3) is 0 Å². The van der Waals surface area contributed by atoms with Gasteiger partial charge in [0, 0.05) is 20.2 Å². The molecule has 0 amide bonds. The molecule has 1 aliphatic rings. The van der Waals surface area contributed by atoms with E-state index < -0.39 is 7.60 Å². The van der Waals surface area contributed by atoms with Gasteiger partial charge in [0.15, 0.2) is 0 Å². The second kappa shape index (κ2) is 4.73. The summed E-state index contributed by atoms with van der Waals surface area (Å²) in [6.07, 6.45) is 0.625. The molecule has 1 saturated heterocycles. The van der Waals surface area contributed by atoms with Crippen LogP contribution < -0.4 is 0 Å². The lowest BCUT2D eigenvalue weighted by Crippen LogP contribution is -2.27. The number of ether oxygens (including phenoxy) is 2. The van der Waals surface area contributed by atoms with E-state index >= 15 is 0 Å². The van der Waals surface area contributed by atoms with E-state index in [4.69, 9.17) is 18.9 Å². The van der Waals surface area contributed by atoms with Gasteiger partial charge in [-0.05, 0) is 6.92 Å². The molecule has 0 radical (unpaired) electrons. The van der Waals surface area contributed by atoms with Gasteiger partial charge in [0.1, 0.15) is 6.10 Å². The van der Waals surface area contributed by atoms with Gasteiger partial charge in [0.05, 0.1) is 18.8 Å². The Hall–Kier alpha value is 0.0700. The van der Waals surface area contributed by atoms with Crippen molar-refractivity contribution in [2.45, 2.75) is 31.7 Å². The van der Waals surface area contributed by atoms with Gasteiger partial charge >= 0.3 is 7.60 Å². The largest absolute Gasteiger partial charge is 0.379 e. The minimum atomic E-state index is -3.41. The van der Waals surface area contributed by atoms with Crippen LogP contribution in [-0.4, -0.2) is 43.6 Å². The fraction of sp³-hybridized carbons (Fsp3) is 1.00. The molecule has 14 heavy (non-hydrogen) atoms. The maximum atomic E-state index is 10.9. The predicted octanol–water partition coefficient (Wildman–Crippen LogP) is 1.01. The molecule has 4 atom stereocenters. The van der Waals surface area contributed by atoms with E-state index in [2.05, 4.69) is 0 Å². The molecule has 6 heteroatoms. The first-order valence-electron chi connectivity index (χ1n) is 4.55. The molecule has 1 N–H and O–H groups in total. The molecule has 4 unspecified atom stereocenters. The van der Waals surface area contributed by atoms with E-state index in [1.807, 2.05) is 6.92 Å². The number of hydrogen-bond acceptors (Lipinski definition) is 4. The standard InChI is InChI=1S/C8H17O5P/c1-6-4-7(11-2)8(13-6)5-12-14(3,9)10/h6-8H,4-5H2,1-3H3,(H,9,10). The summed E-state index contributed by atoms with van der Waals surface area (Å²) in [5.74, 6) is 0. The van der Waals surface area contributed by atoms with Crippen molar-refractivity contribution in [1.29, 1.82) is 0 Å². The van der Waals surface area contributed by atoms with Crippen LogP contribution in [0.15, 0.2) is 0 Å². The Labute approximate surface area is 83.9 Å².